The molecule has 0 aliphatic rings. The van der Waals surface area contributed by atoms with Crippen molar-refractivity contribution in [2.45, 2.75) is 0 Å². The van der Waals surface area contributed by atoms with Crippen LogP contribution in [0.15, 0.2) is 121 Å². The number of hydrogen-bond donors (Lipinski definition) is 1. The largest absolute Gasteiger partial charge is 0.497 e. The van der Waals surface area contributed by atoms with E-state index < -0.39 is 0 Å². The van der Waals surface area contributed by atoms with Crippen LogP contribution in [-0.2, 0) is 0 Å². The van der Waals surface area contributed by atoms with Gasteiger partial charge in [0.1, 0.15) is 5.75 Å². The second kappa shape index (κ2) is 9.05. The summed E-state index contributed by atoms with van der Waals surface area (Å²) in [7, 11) is 1.69. The predicted molar refractivity (Wildman–Crippen MR) is 139 cm³/mol. The van der Waals surface area contributed by atoms with Crippen molar-refractivity contribution in [2.24, 2.45) is 0 Å². The van der Waals surface area contributed by atoms with Crippen molar-refractivity contribution in [3.05, 3.63) is 121 Å². The van der Waals surface area contributed by atoms with Gasteiger partial charge in [0.2, 0.25) is 0 Å². The van der Waals surface area contributed by atoms with Crippen LogP contribution in [-0.4, -0.2) is 7.11 Å². The zero-order valence-electron chi connectivity index (χ0n) is 18.5. The monoisotopic (exact) mass is 427 g/mol. The van der Waals surface area contributed by atoms with Crippen molar-refractivity contribution >= 4 is 5.69 Å². The van der Waals surface area contributed by atoms with Crippen molar-refractivity contribution in [3.63, 3.8) is 0 Å². The highest BCUT2D eigenvalue weighted by Gasteiger charge is 2.21. The lowest BCUT2D eigenvalue weighted by atomic mass is 9.83. The summed E-state index contributed by atoms with van der Waals surface area (Å²) in [4.78, 5) is 0. The standard InChI is InChI=1S/C31H25NO/c1-33-26-19-17-23(18-20-26)27-21-28(22-11-5-2-6-12-22)31(32)30(25-15-9-4-10-16-25)29(27)24-13-7-3-8-14-24/h2-21H,32H2,1H3. The average molecular weight is 428 g/mol. The first kappa shape index (κ1) is 20.6. The zero-order chi connectivity index (χ0) is 22.6. The van der Waals surface area contributed by atoms with E-state index >= 15 is 0 Å². The van der Waals surface area contributed by atoms with E-state index in [9.17, 15) is 0 Å². The van der Waals surface area contributed by atoms with Gasteiger partial charge in [0.05, 0.1) is 7.11 Å². The van der Waals surface area contributed by atoms with Crippen LogP contribution in [0.2, 0.25) is 0 Å². The van der Waals surface area contributed by atoms with Gasteiger partial charge in [-0.25, -0.2) is 0 Å². The quantitative estimate of drug-likeness (QED) is 0.289. The fraction of sp³-hybridized carbons (Fsp3) is 0.0323. The van der Waals surface area contributed by atoms with E-state index in [1.54, 1.807) is 7.11 Å². The molecule has 2 heteroatoms. The topological polar surface area (TPSA) is 35.2 Å². The van der Waals surface area contributed by atoms with Crippen molar-refractivity contribution in [1.29, 1.82) is 0 Å². The van der Waals surface area contributed by atoms with E-state index in [2.05, 4.69) is 91.0 Å². The Bertz CT molecular complexity index is 1360. The smallest absolute Gasteiger partial charge is 0.118 e. The van der Waals surface area contributed by atoms with Gasteiger partial charge in [-0.2, -0.15) is 0 Å². The first-order chi connectivity index (χ1) is 16.3. The number of nitrogen functional groups attached to an aromatic ring is 1. The lowest BCUT2D eigenvalue weighted by Gasteiger charge is -2.22. The summed E-state index contributed by atoms with van der Waals surface area (Å²) >= 11 is 0. The number of nitrogens with two attached hydrogens (primary N) is 1. The maximum atomic E-state index is 6.96. The van der Waals surface area contributed by atoms with Gasteiger partial charge in [0.15, 0.2) is 0 Å². The van der Waals surface area contributed by atoms with Crippen LogP contribution in [0.1, 0.15) is 0 Å². The summed E-state index contributed by atoms with van der Waals surface area (Å²) in [6.07, 6.45) is 0. The minimum absolute atomic E-state index is 0.781. The third-order valence-electron chi connectivity index (χ3n) is 5.98. The first-order valence-corrected chi connectivity index (χ1v) is 11.0. The van der Waals surface area contributed by atoms with Crippen LogP contribution < -0.4 is 10.5 Å². The van der Waals surface area contributed by atoms with Gasteiger partial charge >= 0.3 is 0 Å². The fourth-order valence-electron chi connectivity index (χ4n) is 4.36. The van der Waals surface area contributed by atoms with Crippen LogP contribution in [0.4, 0.5) is 5.69 Å². The van der Waals surface area contributed by atoms with Gasteiger partial charge < -0.3 is 10.5 Å². The normalized spacial score (nSPS) is 10.7. The molecule has 0 fully saturated rings. The van der Waals surface area contributed by atoms with E-state index in [0.717, 1.165) is 55.9 Å². The molecule has 33 heavy (non-hydrogen) atoms. The molecule has 0 saturated heterocycles. The summed E-state index contributed by atoms with van der Waals surface area (Å²) in [5.74, 6) is 0.835. The van der Waals surface area contributed by atoms with Crippen LogP contribution in [0, 0.1) is 0 Å². The fourth-order valence-corrected chi connectivity index (χ4v) is 4.36. The molecule has 0 atom stereocenters. The van der Waals surface area contributed by atoms with Gasteiger partial charge in [-0.05, 0) is 51.6 Å². The highest BCUT2D eigenvalue weighted by Crippen LogP contribution is 2.47. The molecule has 0 spiro atoms. The van der Waals surface area contributed by atoms with Gasteiger partial charge in [-0.1, -0.05) is 103 Å². The zero-order valence-corrected chi connectivity index (χ0v) is 18.5. The van der Waals surface area contributed by atoms with Crippen LogP contribution in [0.3, 0.4) is 0 Å². The molecule has 0 amide bonds. The molecule has 0 saturated carbocycles. The van der Waals surface area contributed by atoms with Crippen molar-refractivity contribution in [1.82, 2.24) is 0 Å². The maximum absolute atomic E-state index is 6.96. The lowest BCUT2D eigenvalue weighted by Crippen LogP contribution is -2.00. The Morgan fingerprint density at radius 3 is 1.45 bits per heavy atom. The van der Waals surface area contributed by atoms with E-state index in [1.807, 2.05) is 30.3 Å². The molecule has 0 aromatic heterocycles. The Labute approximate surface area is 194 Å². The molecule has 0 unspecified atom stereocenters. The molecule has 2 nitrogen and oxygen atoms in total. The molecule has 5 rings (SSSR count). The minimum Gasteiger partial charge on any atom is -0.497 e. The highest BCUT2D eigenvalue weighted by molar-refractivity contribution is 6.05. The third kappa shape index (κ3) is 3.99. The second-order valence-corrected chi connectivity index (χ2v) is 7.96. The second-order valence-electron chi connectivity index (χ2n) is 7.96. The van der Waals surface area contributed by atoms with Crippen LogP contribution in [0.5, 0.6) is 5.75 Å². The molecular formula is C31H25NO. The number of methoxy groups -OCH3 is 1. The number of hydrogen-bond acceptors (Lipinski definition) is 2. The van der Waals surface area contributed by atoms with Crippen LogP contribution in [0.25, 0.3) is 44.5 Å². The molecule has 0 aliphatic carbocycles. The summed E-state index contributed by atoms with van der Waals surface area (Å²) in [5, 5.41) is 0. The molecule has 0 bridgehead atoms. The molecule has 160 valence electrons. The van der Waals surface area contributed by atoms with E-state index in [0.29, 0.717) is 0 Å². The summed E-state index contributed by atoms with van der Waals surface area (Å²) in [5.41, 5.74) is 16.5. The Morgan fingerprint density at radius 2 is 0.939 bits per heavy atom. The number of anilines is 1. The Morgan fingerprint density at radius 1 is 0.485 bits per heavy atom. The molecule has 5 aromatic rings. The Balaban J connectivity index is 1.90. The molecular weight excluding hydrogens is 402 g/mol. The van der Waals surface area contributed by atoms with Gasteiger partial charge in [-0.15, -0.1) is 0 Å². The summed E-state index contributed by atoms with van der Waals surface area (Å²) in [6, 6.07) is 41.7. The minimum atomic E-state index is 0.781. The lowest BCUT2D eigenvalue weighted by molar-refractivity contribution is 0.415. The first-order valence-electron chi connectivity index (χ1n) is 11.0. The third-order valence-corrected chi connectivity index (χ3v) is 5.98. The van der Waals surface area contributed by atoms with Crippen molar-refractivity contribution in [3.8, 4) is 50.3 Å². The number of ether oxygens (including phenoxy) is 1. The van der Waals surface area contributed by atoms with Gasteiger partial charge in [0, 0.05) is 16.8 Å². The van der Waals surface area contributed by atoms with Crippen molar-refractivity contribution in [2.75, 3.05) is 12.8 Å². The van der Waals surface area contributed by atoms with Crippen LogP contribution >= 0.6 is 0 Å². The van der Waals surface area contributed by atoms with E-state index in [4.69, 9.17) is 10.5 Å². The summed E-state index contributed by atoms with van der Waals surface area (Å²) in [6.45, 7) is 0. The maximum Gasteiger partial charge on any atom is 0.118 e. The molecule has 5 aromatic carbocycles. The van der Waals surface area contributed by atoms with Crippen molar-refractivity contribution < 1.29 is 4.74 Å². The molecule has 0 aliphatic heterocycles. The molecule has 2 N–H and O–H groups in total. The predicted octanol–water partition coefficient (Wildman–Crippen LogP) is 7.95. The number of benzene rings is 5. The van der Waals surface area contributed by atoms with E-state index in [-0.39, 0.29) is 0 Å². The highest BCUT2D eigenvalue weighted by atomic mass is 16.5. The Kier molecular flexibility index (Phi) is 5.65. The van der Waals surface area contributed by atoms with Gasteiger partial charge in [0.25, 0.3) is 0 Å². The Hall–Kier alpha value is -4.30. The average Bonchev–Trinajstić information content (AvgIpc) is 2.90. The molecule has 0 heterocycles. The molecule has 0 radical (unpaired) electrons. The van der Waals surface area contributed by atoms with Gasteiger partial charge in [-0.3, -0.25) is 0 Å². The summed E-state index contributed by atoms with van der Waals surface area (Å²) < 4.78 is 5.41. The SMILES string of the molecule is COc1ccc(-c2cc(-c3ccccc3)c(N)c(-c3ccccc3)c2-c2ccccc2)cc1. The van der Waals surface area contributed by atoms with E-state index in [1.165, 1.54) is 0 Å². The number of rotatable bonds is 5.